The van der Waals surface area contributed by atoms with Crippen LogP contribution in [-0.2, 0) is 10.0 Å². The highest BCUT2D eigenvalue weighted by Crippen LogP contribution is 1.81. The predicted molar refractivity (Wildman–Crippen MR) is 41.4 cm³/mol. The lowest BCUT2D eigenvalue weighted by molar-refractivity contribution is 0.585. The summed E-state index contributed by atoms with van der Waals surface area (Å²) in [6, 6.07) is 1.49. The molecule has 1 N–H and O–H groups in total. The van der Waals surface area contributed by atoms with E-state index in [2.05, 4.69) is 14.7 Å². The molecule has 0 radical (unpaired) electrons. The lowest BCUT2D eigenvalue weighted by atomic mass is 10.7. The van der Waals surface area contributed by atoms with Crippen LogP contribution < -0.4 is 4.72 Å². The molecule has 0 amide bonds. The molecule has 0 aliphatic heterocycles. The highest BCUT2D eigenvalue weighted by Gasteiger charge is 2.06. The van der Waals surface area contributed by atoms with Gasteiger partial charge in [-0.1, -0.05) is 5.11 Å². The Morgan fingerprint density at radius 2 is 2.33 bits per heavy atom. The smallest absolute Gasteiger partial charge is 0.214 e. The van der Waals surface area contributed by atoms with Crippen LogP contribution in [0.15, 0.2) is 5.11 Å². The summed E-state index contributed by atoms with van der Waals surface area (Å²) in [5.41, 5.74) is 7.83. The summed E-state index contributed by atoms with van der Waals surface area (Å²) < 4.78 is 23.5. The SMILES string of the molecule is N#CCS(=O)(=O)NCCN=[N+]=[N-]. The minimum absolute atomic E-state index is 0.0219. The van der Waals surface area contributed by atoms with Gasteiger partial charge in [0.05, 0.1) is 6.07 Å². The standard InChI is InChI=1S/C4H7N5O2S/c5-1-4-12(10,11)8-3-2-7-9-6/h8H,2-4H2. The molecule has 0 aromatic rings. The average Bonchev–Trinajstić information content (AvgIpc) is 1.98. The molecule has 0 aromatic heterocycles. The normalized spacial score (nSPS) is 9.92. The third-order valence-electron chi connectivity index (χ3n) is 0.852. The predicted octanol–water partition coefficient (Wildman–Crippen LogP) is -0.260. The van der Waals surface area contributed by atoms with E-state index in [0.29, 0.717) is 0 Å². The summed E-state index contributed by atoms with van der Waals surface area (Å²) >= 11 is 0. The number of hydrogen-bond donors (Lipinski definition) is 1. The number of nitrogens with one attached hydrogen (secondary N) is 1. The third kappa shape index (κ3) is 5.49. The Labute approximate surface area is 69.7 Å². The molecule has 0 spiro atoms. The molecule has 0 fully saturated rings. The summed E-state index contributed by atoms with van der Waals surface area (Å²) in [5.74, 6) is -0.580. The van der Waals surface area contributed by atoms with E-state index >= 15 is 0 Å². The first kappa shape index (κ1) is 10.7. The van der Waals surface area contributed by atoms with Crippen LogP contribution in [0, 0.1) is 11.3 Å². The first-order chi connectivity index (χ1) is 5.62. The number of rotatable bonds is 5. The van der Waals surface area contributed by atoms with Crippen molar-refractivity contribution >= 4 is 10.0 Å². The van der Waals surface area contributed by atoms with E-state index in [9.17, 15) is 8.42 Å². The molecule has 66 valence electrons. The van der Waals surface area contributed by atoms with Crippen LogP contribution in [-0.4, -0.2) is 27.3 Å². The second-order valence-corrected chi connectivity index (χ2v) is 3.57. The molecule has 0 rings (SSSR count). The molecule has 12 heavy (non-hydrogen) atoms. The number of azide groups is 1. The highest BCUT2D eigenvalue weighted by atomic mass is 32.2. The fourth-order valence-electron chi connectivity index (χ4n) is 0.432. The van der Waals surface area contributed by atoms with Gasteiger partial charge in [0, 0.05) is 18.0 Å². The van der Waals surface area contributed by atoms with E-state index in [0.717, 1.165) is 0 Å². The summed E-state index contributed by atoms with van der Waals surface area (Å²) in [6.07, 6.45) is 0. The molecule has 8 heteroatoms. The minimum atomic E-state index is -3.51. The highest BCUT2D eigenvalue weighted by molar-refractivity contribution is 7.89. The summed E-state index contributed by atoms with van der Waals surface area (Å²) in [6.45, 7) is 0.0647. The molecular formula is C4H7N5O2S. The Morgan fingerprint density at radius 3 is 2.83 bits per heavy atom. The molecule has 0 atom stereocenters. The van der Waals surface area contributed by atoms with Gasteiger partial charge in [-0.25, -0.2) is 13.1 Å². The van der Waals surface area contributed by atoms with Gasteiger partial charge in [0.1, 0.15) is 0 Å². The van der Waals surface area contributed by atoms with Gasteiger partial charge in [0.2, 0.25) is 10.0 Å². The van der Waals surface area contributed by atoms with Crippen LogP contribution in [0.25, 0.3) is 10.4 Å². The van der Waals surface area contributed by atoms with Gasteiger partial charge in [0.25, 0.3) is 0 Å². The van der Waals surface area contributed by atoms with Crippen molar-refractivity contribution in [3.8, 4) is 6.07 Å². The van der Waals surface area contributed by atoms with Gasteiger partial charge in [-0.2, -0.15) is 5.26 Å². The monoisotopic (exact) mass is 189 g/mol. The zero-order valence-electron chi connectivity index (χ0n) is 6.13. The first-order valence-corrected chi connectivity index (χ1v) is 4.63. The number of hydrogen-bond acceptors (Lipinski definition) is 4. The van der Waals surface area contributed by atoms with Gasteiger partial charge in [-0.05, 0) is 5.53 Å². The number of nitrogens with zero attached hydrogens (tertiary/aromatic N) is 4. The van der Waals surface area contributed by atoms with Gasteiger partial charge in [0.15, 0.2) is 5.75 Å². The van der Waals surface area contributed by atoms with E-state index in [1.807, 2.05) is 0 Å². The molecule has 0 aliphatic carbocycles. The lowest BCUT2D eigenvalue weighted by Gasteiger charge is -1.98. The fourth-order valence-corrected chi connectivity index (χ4v) is 1.11. The van der Waals surface area contributed by atoms with Crippen LogP contribution in [0.2, 0.25) is 0 Å². The van der Waals surface area contributed by atoms with E-state index in [1.165, 1.54) is 6.07 Å². The van der Waals surface area contributed by atoms with Gasteiger partial charge < -0.3 is 0 Å². The molecular weight excluding hydrogens is 182 g/mol. The molecule has 0 bridgehead atoms. The van der Waals surface area contributed by atoms with Crippen molar-refractivity contribution in [2.24, 2.45) is 5.11 Å². The lowest BCUT2D eigenvalue weighted by Crippen LogP contribution is -2.27. The average molecular weight is 189 g/mol. The summed E-state index contributed by atoms with van der Waals surface area (Å²) in [5, 5.41) is 11.2. The maximum Gasteiger partial charge on any atom is 0.225 e. The quantitative estimate of drug-likeness (QED) is 0.277. The van der Waals surface area contributed by atoms with E-state index in [4.69, 9.17) is 10.8 Å². The fraction of sp³-hybridized carbons (Fsp3) is 0.750. The molecule has 0 aliphatic rings. The van der Waals surface area contributed by atoms with Crippen molar-refractivity contribution in [3.05, 3.63) is 10.4 Å². The maximum atomic E-state index is 10.7. The largest absolute Gasteiger partial charge is 0.225 e. The second kappa shape index (κ2) is 5.37. The van der Waals surface area contributed by atoms with Crippen LogP contribution in [0.4, 0.5) is 0 Å². The molecule has 7 nitrogen and oxygen atoms in total. The zero-order valence-corrected chi connectivity index (χ0v) is 6.95. The minimum Gasteiger partial charge on any atom is -0.214 e. The van der Waals surface area contributed by atoms with Crippen molar-refractivity contribution in [1.82, 2.24) is 4.72 Å². The number of sulfonamides is 1. The molecule has 0 aromatic carbocycles. The summed E-state index contributed by atoms with van der Waals surface area (Å²) in [7, 11) is -3.51. The van der Waals surface area contributed by atoms with Crippen molar-refractivity contribution in [3.63, 3.8) is 0 Å². The molecule has 0 unspecified atom stereocenters. The van der Waals surface area contributed by atoms with Crippen molar-refractivity contribution in [2.45, 2.75) is 0 Å². The third-order valence-corrected chi connectivity index (χ3v) is 2.00. The van der Waals surface area contributed by atoms with Gasteiger partial charge >= 0.3 is 0 Å². The molecule has 0 saturated heterocycles. The van der Waals surface area contributed by atoms with Crippen LogP contribution in [0.5, 0.6) is 0 Å². The second-order valence-electron chi connectivity index (χ2n) is 1.77. The Kier molecular flexibility index (Phi) is 4.79. The van der Waals surface area contributed by atoms with Crippen molar-refractivity contribution < 1.29 is 8.42 Å². The van der Waals surface area contributed by atoms with E-state index < -0.39 is 15.8 Å². The van der Waals surface area contributed by atoms with E-state index in [-0.39, 0.29) is 13.1 Å². The van der Waals surface area contributed by atoms with Crippen LogP contribution in [0.3, 0.4) is 0 Å². The molecule has 0 saturated carbocycles. The Balaban J connectivity index is 3.78. The Morgan fingerprint density at radius 1 is 1.67 bits per heavy atom. The first-order valence-electron chi connectivity index (χ1n) is 2.97. The Hall–Kier alpha value is -1.29. The molecule has 0 heterocycles. The van der Waals surface area contributed by atoms with Crippen LogP contribution >= 0.6 is 0 Å². The summed E-state index contributed by atoms with van der Waals surface area (Å²) in [4.78, 5) is 2.43. The maximum absolute atomic E-state index is 10.7. The van der Waals surface area contributed by atoms with Crippen molar-refractivity contribution in [1.29, 1.82) is 5.26 Å². The topological polar surface area (TPSA) is 119 Å². The Bertz CT molecular complexity index is 309. The number of nitriles is 1. The zero-order chi connectivity index (χ0) is 9.45. The van der Waals surface area contributed by atoms with E-state index in [1.54, 1.807) is 0 Å². The van der Waals surface area contributed by atoms with Gasteiger partial charge in [-0.15, -0.1) is 0 Å². The van der Waals surface area contributed by atoms with Crippen LogP contribution in [0.1, 0.15) is 0 Å². The van der Waals surface area contributed by atoms with Gasteiger partial charge in [-0.3, -0.25) is 0 Å². The van der Waals surface area contributed by atoms with Crippen molar-refractivity contribution in [2.75, 3.05) is 18.8 Å².